The first kappa shape index (κ1) is 24.9. The minimum Gasteiger partial charge on any atom is -0.493 e. The zero-order valence-electron chi connectivity index (χ0n) is 19.6. The lowest BCUT2D eigenvalue weighted by Gasteiger charge is -2.19. The molecule has 0 aliphatic heterocycles. The molecule has 32 heavy (non-hydrogen) atoms. The van der Waals surface area contributed by atoms with Crippen LogP contribution in [0.25, 0.3) is 0 Å². The number of benzene rings is 2. The van der Waals surface area contributed by atoms with Gasteiger partial charge in [-0.1, -0.05) is 45.0 Å². The summed E-state index contributed by atoms with van der Waals surface area (Å²) in [6, 6.07) is 12.7. The highest BCUT2D eigenvalue weighted by atomic mass is 16.5. The van der Waals surface area contributed by atoms with Crippen molar-refractivity contribution in [3.63, 3.8) is 0 Å². The maximum Gasteiger partial charge on any atom is 0.303 e. The molecule has 7 heteroatoms. The predicted octanol–water partition coefficient (Wildman–Crippen LogP) is 4.78. The molecular weight excluding hydrogens is 408 g/mol. The average molecular weight is 441 g/mol. The van der Waals surface area contributed by atoms with Crippen molar-refractivity contribution in [3.8, 4) is 11.5 Å². The fourth-order valence-corrected chi connectivity index (χ4v) is 3.00. The molecular formula is C25H32N2O5. The first-order valence-corrected chi connectivity index (χ1v) is 10.6. The van der Waals surface area contributed by atoms with Crippen LogP contribution in [0.5, 0.6) is 11.5 Å². The van der Waals surface area contributed by atoms with Crippen LogP contribution in [-0.2, 0) is 10.2 Å². The Morgan fingerprint density at radius 1 is 1.00 bits per heavy atom. The molecule has 0 unspecified atom stereocenters. The third-order valence-electron chi connectivity index (χ3n) is 4.74. The predicted molar refractivity (Wildman–Crippen MR) is 125 cm³/mol. The standard InChI is InChI=1S/C25H32N2O5/c1-16(2)32-21-13-9-18(15-22(21)31-6)24(30)27-26-20(12-14-23(28)29)17-7-10-19(11-8-17)25(3,4)5/h7-11,13,15-16H,12,14H2,1-6H3,(H,27,30)(H,28,29)/b26-20-. The van der Waals surface area contributed by atoms with E-state index in [1.54, 1.807) is 18.2 Å². The van der Waals surface area contributed by atoms with Crippen molar-refractivity contribution in [3.05, 3.63) is 59.2 Å². The molecule has 0 fully saturated rings. The van der Waals surface area contributed by atoms with E-state index in [9.17, 15) is 9.59 Å². The molecule has 2 rings (SSSR count). The molecule has 0 atom stereocenters. The van der Waals surface area contributed by atoms with E-state index in [0.29, 0.717) is 22.8 Å². The third-order valence-corrected chi connectivity index (χ3v) is 4.74. The Kier molecular flexibility index (Phi) is 8.41. The Balaban J connectivity index is 2.26. The minimum atomic E-state index is -0.930. The Hall–Kier alpha value is -3.35. The number of carbonyl (C=O) groups is 2. The zero-order valence-corrected chi connectivity index (χ0v) is 19.6. The van der Waals surface area contributed by atoms with Crippen LogP contribution in [-0.4, -0.2) is 35.9 Å². The fourth-order valence-electron chi connectivity index (χ4n) is 3.00. The second-order valence-electron chi connectivity index (χ2n) is 8.75. The maximum absolute atomic E-state index is 12.7. The number of nitrogens with zero attached hydrogens (tertiary/aromatic N) is 1. The highest BCUT2D eigenvalue weighted by molar-refractivity contribution is 6.03. The van der Waals surface area contributed by atoms with Crippen molar-refractivity contribution in [1.82, 2.24) is 5.43 Å². The Morgan fingerprint density at radius 2 is 1.62 bits per heavy atom. The highest BCUT2D eigenvalue weighted by Crippen LogP contribution is 2.29. The summed E-state index contributed by atoms with van der Waals surface area (Å²) >= 11 is 0. The maximum atomic E-state index is 12.7. The monoisotopic (exact) mass is 440 g/mol. The zero-order chi connectivity index (χ0) is 23.9. The van der Waals surface area contributed by atoms with Crippen molar-refractivity contribution in [2.45, 2.75) is 59.0 Å². The van der Waals surface area contributed by atoms with E-state index in [0.717, 1.165) is 11.1 Å². The Bertz CT molecular complexity index is 973. The second-order valence-corrected chi connectivity index (χ2v) is 8.75. The van der Waals surface area contributed by atoms with E-state index in [1.807, 2.05) is 38.1 Å². The van der Waals surface area contributed by atoms with Gasteiger partial charge in [-0.05, 0) is 48.6 Å². The van der Waals surface area contributed by atoms with Gasteiger partial charge in [-0.25, -0.2) is 5.43 Å². The number of hydrazone groups is 1. The molecule has 2 aromatic carbocycles. The number of ether oxygens (including phenoxy) is 2. The molecule has 2 N–H and O–H groups in total. The third kappa shape index (κ3) is 7.11. The van der Waals surface area contributed by atoms with E-state index < -0.39 is 11.9 Å². The van der Waals surface area contributed by atoms with Crippen LogP contribution in [0, 0.1) is 0 Å². The lowest BCUT2D eigenvalue weighted by Crippen LogP contribution is -2.21. The van der Waals surface area contributed by atoms with E-state index in [2.05, 4.69) is 31.3 Å². The summed E-state index contributed by atoms with van der Waals surface area (Å²) in [6.45, 7) is 10.2. The van der Waals surface area contributed by atoms with Crippen LogP contribution in [0.4, 0.5) is 0 Å². The molecule has 0 aliphatic carbocycles. The molecule has 2 aromatic rings. The van der Waals surface area contributed by atoms with E-state index in [4.69, 9.17) is 14.6 Å². The highest BCUT2D eigenvalue weighted by Gasteiger charge is 2.16. The van der Waals surface area contributed by atoms with Gasteiger partial charge in [0.15, 0.2) is 11.5 Å². The number of methoxy groups -OCH3 is 1. The molecule has 1 amide bonds. The number of hydrogen-bond donors (Lipinski definition) is 2. The summed E-state index contributed by atoms with van der Waals surface area (Å²) < 4.78 is 11.0. The quantitative estimate of drug-likeness (QED) is 0.432. The molecule has 0 aromatic heterocycles. The van der Waals surface area contributed by atoms with Crippen molar-refractivity contribution >= 4 is 17.6 Å². The van der Waals surface area contributed by atoms with Crippen molar-refractivity contribution in [2.75, 3.05) is 7.11 Å². The molecule has 172 valence electrons. The van der Waals surface area contributed by atoms with Gasteiger partial charge < -0.3 is 14.6 Å². The molecule has 0 bridgehead atoms. The molecule has 0 aliphatic rings. The van der Waals surface area contributed by atoms with Crippen LogP contribution in [0.15, 0.2) is 47.6 Å². The van der Waals surface area contributed by atoms with E-state index in [-0.39, 0.29) is 24.4 Å². The van der Waals surface area contributed by atoms with E-state index >= 15 is 0 Å². The average Bonchev–Trinajstić information content (AvgIpc) is 2.72. The van der Waals surface area contributed by atoms with Gasteiger partial charge in [0, 0.05) is 12.0 Å². The molecule has 0 saturated heterocycles. The summed E-state index contributed by atoms with van der Waals surface area (Å²) in [6.07, 6.45) is 0.0642. The fraction of sp³-hybridized carbons (Fsp3) is 0.400. The van der Waals surface area contributed by atoms with Crippen LogP contribution in [0.3, 0.4) is 0 Å². The van der Waals surface area contributed by atoms with Crippen LogP contribution in [0.2, 0.25) is 0 Å². The number of rotatable bonds is 9. The SMILES string of the molecule is COc1cc(C(=O)N/N=C(/CCC(=O)O)c2ccc(C(C)(C)C)cc2)ccc1OC(C)C. The number of aliphatic carboxylic acids is 1. The topological polar surface area (TPSA) is 97.2 Å². The lowest BCUT2D eigenvalue weighted by molar-refractivity contribution is -0.136. The molecule has 0 heterocycles. The van der Waals surface area contributed by atoms with Crippen LogP contribution < -0.4 is 14.9 Å². The van der Waals surface area contributed by atoms with Gasteiger partial charge in [-0.2, -0.15) is 5.10 Å². The van der Waals surface area contributed by atoms with Gasteiger partial charge in [0.25, 0.3) is 5.91 Å². The first-order chi connectivity index (χ1) is 15.0. The smallest absolute Gasteiger partial charge is 0.303 e. The number of carboxylic acids is 1. The Labute approximate surface area is 189 Å². The van der Waals surface area contributed by atoms with Gasteiger partial charge in [-0.3, -0.25) is 9.59 Å². The molecule has 0 radical (unpaired) electrons. The number of nitrogens with one attached hydrogen (secondary N) is 1. The first-order valence-electron chi connectivity index (χ1n) is 10.6. The summed E-state index contributed by atoms with van der Waals surface area (Å²) in [5, 5.41) is 13.3. The normalized spacial score (nSPS) is 11.9. The second kappa shape index (κ2) is 10.8. The number of hydrogen-bond acceptors (Lipinski definition) is 5. The van der Waals surface area contributed by atoms with Crippen molar-refractivity contribution < 1.29 is 24.2 Å². The van der Waals surface area contributed by atoms with E-state index in [1.165, 1.54) is 7.11 Å². The molecule has 0 saturated carbocycles. The van der Waals surface area contributed by atoms with Crippen molar-refractivity contribution in [1.29, 1.82) is 0 Å². The van der Waals surface area contributed by atoms with Gasteiger partial charge in [0.1, 0.15) is 0 Å². The number of carbonyl (C=O) groups excluding carboxylic acids is 1. The largest absolute Gasteiger partial charge is 0.493 e. The lowest BCUT2D eigenvalue weighted by atomic mass is 9.86. The van der Waals surface area contributed by atoms with Crippen LogP contribution in [0.1, 0.15) is 68.9 Å². The van der Waals surface area contributed by atoms with Crippen LogP contribution >= 0.6 is 0 Å². The number of carboxylic acid groups (broad SMARTS) is 1. The van der Waals surface area contributed by atoms with Gasteiger partial charge in [0.2, 0.25) is 0 Å². The summed E-state index contributed by atoms with van der Waals surface area (Å²) in [4.78, 5) is 23.8. The number of amides is 1. The molecule has 0 spiro atoms. The van der Waals surface area contributed by atoms with Gasteiger partial charge in [-0.15, -0.1) is 0 Å². The Morgan fingerprint density at radius 3 is 2.16 bits per heavy atom. The van der Waals surface area contributed by atoms with Crippen molar-refractivity contribution in [2.24, 2.45) is 5.10 Å². The van der Waals surface area contributed by atoms with Gasteiger partial charge in [0.05, 0.1) is 25.3 Å². The summed E-state index contributed by atoms with van der Waals surface area (Å²) in [5.74, 6) is -0.373. The minimum absolute atomic E-state index is 0.00435. The summed E-state index contributed by atoms with van der Waals surface area (Å²) in [5.41, 5.74) is 5.29. The molecule has 7 nitrogen and oxygen atoms in total. The van der Waals surface area contributed by atoms with Gasteiger partial charge >= 0.3 is 5.97 Å². The summed E-state index contributed by atoms with van der Waals surface area (Å²) in [7, 11) is 1.51.